The summed E-state index contributed by atoms with van der Waals surface area (Å²) < 4.78 is 0. The lowest BCUT2D eigenvalue weighted by Crippen LogP contribution is -2.11. The molecule has 0 saturated heterocycles. The van der Waals surface area contributed by atoms with Gasteiger partial charge in [-0.05, 0) is 42.4 Å². The largest absolute Gasteiger partial charge is 0.299 e. The maximum Gasteiger partial charge on any atom is 0.140 e. The molecule has 2 rings (SSSR count). The zero-order chi connectivity index (χ0) is 11.9. The van der Waals surface area contributed by atoms with Gasteiger partial charge in [-0.25, -0.2) is 0 Å². The molecule has 1 nitrogen and oxygen atoms in total. The third-order valence-electron chi connectivity index (χ3n) is 3.90. The molecule has 1 aromatic carbocycles. The average Bonchev–Trinajstić information content (AvgIpc) is 2.82. The lowest BCUT2D eigenvalue weighted by atomic mass is 9.95. The Kier molecular flexibility index (Phi) is 2.65. The highest BCUT2D eigenvalue weighted by Crippen LogP contribution is 2.52. The van der Waals surface area contributed by atoms with E-state index in [1.165, 1.54) is 16.7 Å². The lowest BCUT2D eigenvalue weighted by Gasteiger charge is -2.09. The number of ketones is 1. The van der Waals surface area contributed by atoms with Crippen LogP contribution in [-0.2, 0) is 11.2 Å². The lowest BCUT2D eigenvalue weighted by molar-refractivity contribution is -0.120. The maximum atomic E-state index is 12.1. The summed E-state index contributed by atoms with van der Waals surface area (Å²) in [6.07, 6.45) is 1.68. The first-order valence-electron chi connectivity index (χ1n) is 5.99. The van der Waals surface area contributed by atoms with Crippen molar-refractivity contribution in [2.45, 2.75) is 40.5 Å². The number of hydrogen-bond acceptors (Lipinski definition) is 1. The van der Waals surface area contributed by atoms with E-state index in [1.54, 1.807) is 0 Å². The van der Waals surface area contributed by atoms with Crippen molar-refractivity contribution in [3.8, 4) is 0 Å². The molecule has 0 spiro atoms. The van der Waals surface area contributed by atoms with Gasteiger partial charge in [-0.2, -0.15) is 0 Å². The first kappa shape index (κ1) is 11.4. The molecule has 1 aromatic rings. The third-order valence-corrected chi connectivity index (χ3v) is 3.90. The first-order valence-corrected chi connectivity index (χ1v) is 5.99. The fraction of sp³-hybridized carbons (Fsp3) is 0.533. The number of hydrogen-bond donors (Lipinski definition) is 0. The molecule has 16 heavy (non-hydrogen) atoms. The molecule has 1 unspecified atom stereocenters. The Hall–Kier alpha value is -1.11. The molecule has 0 amide bonds. The van der Waals surface area contributed by atoms with Crippen LogP contribution >= 0.6 is 0 Å². The standard InChI is InChI=1S/C15H20O/c1-10-6-5-7-11(2)12(10)8-14(16)13-9-15(13,3)4/h5-7,13H,8-9H2,1-4H3. The number of Topliss-reactive ketones (excluding diaryl/α,β-unsaturated/α-hetero) is 1. The Bertz CT molecular complexity index is 409. The van der Waals surface area contributed by atoms with E-state index in [0.29, 0.717) is 18.1 Å². The Labute approximate surface area is 97.9 Å². The van der Waals surface area contributed by atoms with Gasteiger partial charge in [0.15, 0.2) is 0 Å². The minimum Gasteiger partial charge on any atom is -0.299 e. The highest BCUT2D eigenvalue weighted by Gasteiger charge is 2.49. The molecule has 1 aliphatic rings. The van der Waals surface area contributed by atoms with Crippen LogP contribution < -0.4 is 0 Å². The quantitative estimate of drug-likeness (QED) is 0.756. The van der Waals surface area contributed by atoms with Crippen LogP contribution in [0.4, 0.5) is 0 Å². The van der Waals surface area contributed by atoms with Crippen molar-refractivity contribution in [2.75, 3.05) is 0 Å². The van der Waals surface area contributed by atoms with E-state index >= 15 is 0 Å². The molecule has 0 heterocycles. The second kappa shape index (κ2) is 3.73. The van der Waals surface area contributed by atoms with Gasteiger partial charge in [0.05, 0.1) is 0 Å². The summed E-state index contributed by atoms with van der Waals surface area (Å²) in [5.41, 5.74) is 3.97. The molecular formula is C15H20O. The van der Waals surface area contributed by atoms with Crippen LogP contribution in [0.1, 0.15) is 37.0 Å². The Morgan fingerprint density at radius 1 is 1.31 bits per heavy atom. The maximum absolute atomic E-state index is 12.1. The number of carbonyl (C=O) groups is 1. The first-order chi connectivity index (χ1) is 7.42. The summed E-state index contributed by atoms with van der Waals surface area (Å²) in [4.78, 5) is 12.1. The van der Waals surface area contributed by atoms with Crippen molar-refractivity contribution in [1.29, 1.82) is 0 Å². The van der Waals surface area contributed by atoms with Crippen LogP contribution in [0.2, 0.25) is 0 Å². The van der Waals surface area contributed by atoms with E-state index in [0.717, 1.165) is 6.42 Å². The van der Waals surface area contributed by atoms with Crippen LogP contribution in [-0.4, -0.2) is 5.78 Å². The molecule has 0 bridgehead atoms. The van der Waals surface area contributed by atoms with Gasteiger partial charge >= 0.3 is 0 Å². The molecule has 1 fully saturated rings. The number of carbonyl (C=O) groups excluding carboxylic acids is 1. The highest BCUT2D eigenvalue weighted by atomic mass is 16.1. The minimum absolute atomic E-state index is 0.258. The molecular weight excluding hydrogens is 196 g/mol. The Balaban J connectivity index is 2.13. The van der Waals surface area contributed by atoms with Crippen LogP contribution in [0, 0.1) is 25.2 Å². The van der Waals surface area contributed by atoms with Gasteiger partial charge in [-0.15, -0.1) is 0 Å². The molecule has 0 aliphatic heterocycles. The van der Waals surface area contributed by atoms with E-state index in [4.69, 9.17) is 0 Å². The van der Waals surface area contributed by atoms with Crippen LogP contribution in [0.25, 0.3) is 0 Å². The summed E-state index contributed by atoms with van der Waals surface area (Å²) in [5, 5.41) is 0. The third kappa shape index (κ3) is 2.04. The van der Waals surface area contributed by atoms with Gasteiger partial charge in [0.2, 0.25) is 0 Å². The summed E-state index contributed by atoms with van der Waals surface area (Å²) in [7, 11) is 0. The normalized spacial score (nSPS) is 21.9. The molecule has 1 heteroatoms. The second-order valence-corrected chi connectivity index (χ2v) is 5.76. The number of rotatable bonds is 3. The molecule has 0 radical (unpaired) electrons. The average molecular weight is 216 g/mol. The molecule has 86 valence electrons. The highest BCUT2D eigenvalue weighted by molar-refractivity contribution is 5.87. The topological polar surface area (TPSA) is 17.1 Å². The monoisotopic (exact) mass is 216 g/mol. The number of aryl methyl sites for hydroxylation is 2. The van der Waals surface area contributed by atoms with Gasteiger partial charge in [0.25, 0.3) is 0 Å². The van der Waals surface area contributed by atoms with Crippen molar-refractivity contribution in [3.63, 3.8) is 0 Å². The summed E-state index contributed by atoms with van der Waals surface area (Å²) >= 11 is 0. The molecule has 1 aliphatic carbocycles. The van der Waals surface area contributed by atoms with Crippen molar-refractivity contribution >= 4 is 5.78 Å². The van der Waals surface area contributed by atoms with E-state index in [-0.39, 0.29) is 5.41 Å². The van der Waals surface area contributed by atoms with E-state index in [2.05, 4.69) is 45.9 Å². The van der Waals surface area contributed by atoms with Crippen molar-refractivity contribution in [2.24, 2.45) is 11.3 Å². The van der Waals surface area contributed by atoms with Crippen LogP contribution in [0.3, 0.4) is 0 Å². The SMILES string of the molecule is Cc1cccc(C)c1CC(=O)C1CC1(C)C. The predicted molar refractivity (Wildman–Crippen MR) is 66.5 cm³/mol. The minimum atomic E-state index is 0.258. The Morgan fingerprint density at radius 2 is 1.81 bits per heavy atom. The smallest absolute Gasteiger partial charge is 0.140 e. The summed E-state index contributed by atoms with van der Waals surface area (Å²) in [6.45, 7) is 8.54. The second-order valence-electron chi connectivity index (χ2n) is 5.76. The molecule has 1 saturated carbocycles. The van der Waals surface area contributed by atoms with Gasteiger partial charge in [-0.3, -0.25) is 4.79 Å². The zero-order valence-electron chi connectivity index (χ0n) is 10.6. The van der Waals surface area contributed by atoms with Crippen LogP contribution in [0.5, 0.6) is 0 Å². The molecule has 0 N–H and O–H groups in total. The van der Waals surface area contributed by atoms with E-state index in [9.17, 15) is 4.79 Å². The zero-order valence-corrected chi connectivity index (χ0v) is 10.6. The summed E-state index contributed by atoms with van der Waals surface area (Å²) in [6, 6.07) is 6.24. The molecule has 1 atom stereocenters. The Morgan fingerprint density at radius 3 is 2.25 bits per heavy atom. The fourth-order valence-corrected chi connectivity index (χ4v) is 2.44. The molecule has 0 aromatic heterocycles. The van der Waals surface area contributed by atoms with Gasteiger partial charge in [0.1, 0.15) is 5.78 Å². The van der Waals surface area contributed by atoms with Crippen molar-refractivity contribution in [3.05, 3.63) is 34.9 Å². The van der Waals surface area contributed by atoms with Gasteiger partial charge < -0.3 is 0 Å². The van der Waals surface area contributed by atoms with Crippen molar-refractivity contribution in [1.82, 2.24) is 0 Å². The number of benzene rings is 1. The van der Waals surface area contributed by atoms with Crippen LogP contribution in [0.15, 0.2) is 18.2 Å². The predicted octanol–water partition coefficient (Wildman–Crippen LogP) is 3.46. The van der Waals surface area contributed by atoms with E-state index < -0.39 is 0 Å². The van der Waals surface area contributed by atoms with Gasteiger partial charge in [-0.1, -0.05) is 32.0 Å². The van der Waals surface area contributed by atoms with Crippen molar-refractivity contribution < 1.29 is 4.79 Å². The fourth-order valence-electron chi connectivity index (χ4n) is 2.44. The van der Waals surface area contributed by atoms with Gasteiger partial charge in [0, 0.05) is 12.3 Å². The van der Waals surface area contributed by atoms with E-state index in [1.807, 2.05) is 0 Å². The summed E-state index contributed by atoms with van der Waals surface area (Å²) in [5.74, 6) is 0.717.